The molecule has 4 aliphatic rings. The van der Waals surface area contributed by atoms with E-state index in [4.69, 9.17) is 4.74 Å². The van der Waals surface area contributed by atoms with Crippen molar-refractivity contribution in [3.8, 4) is 0 Å². The third-order valence-electron chi connectivity index (χ3n) is 6.47. The first-order valence-corrected chi connectivity index (χ1v) is 11.8. The van der Waals surface area contributed by atoms with Gasteiger partial charge in [-0.05, 0) is 55.5 Å². The molecule has 9 heteroatoms. The average molecular weight is 432 g/mol. The monoisotopic (exact) mass is 431 g/mol. The van der Waals surface area contributed by atoms with Crippen LogP contribution in [-0.4, -0.2) is 56.5 Å². The summed E-state index contributed by atoms with van der Waals surface area (Å²) in [5.41, 5.74) is 1.75. The highest BCUT2D eigenvalue weighted by atomic mass is 32.2. The van der Waals surface area contributed by atoms with E-state index in [-0.39, 0.29) is 41.2 Å². The standard InChI is InChI=1S/C21H25N3O5S/c1-2-19(25)22-20-10-15-11-23(12-18(15)29-20)30(27,28)16-5-6-17-14(9-16)7-8-24(17)21(26)13-3-4-13/h2,5-6,9,13,15,18,20H,1,3-4,7-8,10-12H2,(H,22,25). The Labute approximate surface area is 175 Å². The molecule has 8 nitrogen and oxygen atoms in total. The van der Waals surface area contributed by atoms with Gasteiger partial charge in [0.25, 0.3) is 0 Å². The molecule has 0 bridgehead atoms. The van der Waals surface area contributed by atoms with Gasteiger partial charge in [0.1, 0.15) is 6.23 Å². The molecule has 3 fully saturated rings. The van der Waals surface area contributed by atoms with E-state index >= 15 is 0 Å². The van der Waals surface area contributed by atoms with Crippen molar-refractivity contribution in [2.24, 2.45) is 11.8 Å². The van der Waals surface area contributed by atoms with Gasteiger partial charge in [0.15, 0.2) is 0 Å². The van der Waals surface area contributed by atoms with Crippen LogP contribution in [0.1, 0.15) is 24.8 Å². The molecule has 1 aromatic rings. The number of hydrogen-bond acceptors (Lipinski definition) is 5. The van der Waals surface area contributed by atoms with E-state index in [0.717, 1.165) is 24.1 Å². The summed E-state index contributed by atoms with van der Waals surface area (Å²) in [4.78, 5) is 26.0. The molecule has 1 saturated carbocycles. The lowest BCUT2D eigenvalue weighted by Crippen LogP contribution is -2.37. The minimum Gasteiger partial charge on any atom is -0.354 e. The Morgan fingerprint density at radius 3 is 2.73 bits per heavy atom. The number of carbonyl (C=O) groups excluding carboxylic acids is 2. The molecule has 1 aliphatic carbocycles. The van der Waals surface area contributed by atoms with E-state index < -0.39 is 16.3 Å². The van der Waals surface area contributed by atoms with Crippen molar-refractivity contribution in [1.29, 1.82) is 0 Å². The summed E-state index contributed by atoms with van der Waals surface area (Å²) < 4.78 is 33.7. The van der Waals surface area contributed by atoms with E-state index in [1.165, 1.54) is 10.4 Å². The predicted octanol–water partition coefficient (Wildman–Crippen LogP) is 1.02. The number of nitrogens with one attached hydrogen (secondary N) is 1. The summed E-state index contributed by atoms with van der Waals surface area (Å²) in [5, 5.41) is 2.72. The van der Waals surface area contributed by atoms with Crippen molar-refractivity contribution >= 4 is 27.5 Å². The Bertz CT molecular complexity index is 1010. The molecular formula is C21H25N3O5S. The zero-order chi connectivity index (χ0) is 21.0. The third kappa shape index (κ3) is 3.34. The second kappa shape index (κ2) is 7.18. The fraction of sp³-hybridized carbons (Fsp3) is 0.524. The van der Waals surface area contributed by atoms with Crippen LogP contribution in [0.3, 0.4) is 0 Å². The van der Waals surface area contributed by atoms with Gasteiger partial charge in [-0.1, -0.05) is 6.58 Å². The Morgan fingerprint density at radius 2 is 2.03 bits per heavy atom. The molecule has 3 aliphatic heterocycles. The summed E-state index contributed by atoms with van der Waals surface area (Å²) in [6.07, 6.45) is 3.74. The maximum Gasteiger partial charge on any atom is 0.245 e. The quantitative estimate of drug-likeness (QED) is 0.703. The molecule has 0 aromatic heterocycles. The molecule has 1 aromatic carbocycles. The first-order chi connectivity index (χ1) is 14.4. The summed E-state index contributed by atoms with van der Waals surface area (Å²) in [6.45, 7) is 4.69. The zero-order valence-corrected chi connectivity index (χ0v) is 17.4. The topological polar surface area (TPSA) is 96.0 Å². The van der Waals surface area contributed by atoms with Crippen LogP contribution in [0, 0.1) is 11.8 Å². The third-order valence-corrected chi connectivity index (χ3v) is 8.30. The molecule has 3 unspecified atom stereocenters. The molecule has 3 atom stereocenters. The predicted molar refractivity (Wildman–Crippen MR) is 109 cm³/mol. The first-order valence-electron chi connectivity index (χ1n) is 10.4. The molecule has 5 rings (SSSR count). The molecule has 0 radical (unpaired) electrons. The Balaban J connectivity index is 1.28. The summed E-state index contributed by atoms with van der Waals surface area (Å²) in [5.74, 6) is 0.0585. The van der Waals surface area contributed by atoms with Gasteiger partial charge in [-0.15, -0.1) is 0 Å². The molecule has 0 spiro atoms. The van der Waals surface area contributed by atoms with Crippen molar-refractivity contribution in [2.45, 2.75) is 42.9 Å². The highest BCUT2D eigenvalue weighted by Gasteiger charge is 2.46. The molecule has 160 valence electrons. The van der Waals surface area contributed by atoms with Gasteiger partial charge in [-0.2, -0.15) is 4.31 Å². The molecule has 3 heterocycles. The maximum absolute atomic E-state index is 13.2. The Morgan fingerprint density at radius 1 is 1.23 bits per heavy atom. The van der Waals surface area contributed by atoms with E-state index in [0.29, 0.717) is 25.9 Å². The van der Waals surface area contributed by atoms with Crippen LogP contribution in [0.15, 0.2) is 35.7 Å². The maximum atomic E-state index is 13.2. The van der Waals surface area contributed by atoms with E-state index in [1.807, 2.05) is 0 Å². The molecule has 2 saturated heterocycles. The van der Waals surface area contributed by atoms with Crippen LogP contribution in [0.5, 0.6) is 0 Å². The summed E-state index contributed by atoms with van der Waals surface area (Å²) >= 11 is 0. The lowest BCUT2D eigenvalue weighted by atomic mass is 10.1. The lowest BCUT2D eigenvalue weighted by molar-refractivity contribution is -0.121. The van der Waals surface area contributed by atoms with Gasteiger partial charge in [0.2, 0.25) is 21.8 Å². The van der Waals surface area contributed by atoms with Crippen LogP contribution in [0.25, 0.3) is 0 Å². The van der Waals surface area contributed by atoms with Crippen LogP contribution in [0.2, 0.25) is 0 Å². The lowest BCUT2D eigenvalue weighted by Gasteiger charge is -2.21. The second-order valence-corrected chi connectivity index (χ2v) is 10.4. The fourth-order valence-corrected chi connectivity index (χ4v) is 6.26. The SMILES string of the molecule is C=CC(=O)NC1CC2CN(S(=O)(=O)c3ccc4c(c3)CCN4C(=O)C3CC3)CC2O1. The van der Waals surface area contributed by atoms with Crippen LogP contribution in [0.4, 0.5) is 5.69 Å². The van der Waals surface area contributed by atoms with Crippen molar-refractivity contribution in [3.63, 3.8) is 0 Å². The van der Waals surface area contributed by atoms with Crippen molar-refractivity contribution < 1.29 is 22.7 Å². The fourth-order valence-electron chi connectivity index (χ4n) is 4.70. The number of carbonyl (C=O) groups is 2. The van der Waals surface area contributed by atoms with Crippen LogP contribution < -0.4 is 10.2 Å². The van der Waals surface area contributed by atoms with E-state index in [9.17, 15) is 18.0 Å². The highest BCUT2D eigenvalue weighted by Crippen LogP contribution is 2.39. The number of hydrogen-bond donors (Lipinski definition) is 1. The molecular weight excluding hydrogens is 406 g/mol. The van der Waals surface area contributed by atoms with Crippen LogP contribution in [-0.2, 0) is 30.8 Å². The molecule has 1 N–H and O–H groups in total. The van der Waals surface area contributed by atoms with Crippen molar-refractivity contribution in [1.82, 2.24) is 9.62 Å². The number of anilines is 1. The number of nitrogens with zero attached hydrogens (tertiary/aromatic N) is 2. The van der Waals surface area contributed by atoms with Crippen molar-refractivity contribution in [3.05, 3.63) is 36.4 Å². The largest absolute Gasteiger partial charge is 0.354 e. The highest BCUT2D eigenvalue weighted by molar-refractivity contribution is 7.89. The normalized spacial score (nSPS) is 28.3. The minimum absolute atomic E-state index is 0.0518. The number of rotatable bonds is 5. The molecule has 30 heavy (non-hydrogen) atoms. The average Bonchev–Trinajstić information content (AvgIpc) is 3.20. The van der Waals surface area contributed by atoms with E-state index in [1.54, 1.807) is 23.1 Å². The van der Waals surface area contributed by atoms with Crippen LogP contribution >= 0.6 is 0 Å². The number of fused-ring (bicyclic) bond motifs is 2. The number of amides is 2. The summed E-state index contributed by atoms with van der Waals surface area (Å²) in [7, 11) is -3.64. The first kappa shape index (κ1) is 19.7. The molecule has 2 amide bonds. The van der Waals surface area contributed by atoms with E-state index in [2.05, 4.69) is 11.9 Å². The van der Waals surface area contributed by atoms with Gasteiger partial charge < -0.3 is 15.0 Å². The second-order valence-electron chi connectivity index (χ2n) is 8.50. The van der Waals surface area contributed by atoms with Gasteiger partial charge in [0, 0.05) is 37.2 Å². The number of benzene rings is 1. The van der Waals surface area contributed by atoms with Gasteiger partial charge in [0.05, 0.1) is 11.0 Å². The minimum atomic E-state index is -3.64. The number of ether oxygens (including phenoxy) is 1. The number of sulfonamides is 1. The zero-order valence-electron chi connectivity index (χ0n) is 16.6. The van der Waals surface area contributed by atoms with Gasteiger partial charge >= 0.3 is 0 Å². The smallest absolute Gasteiger partial charge is 0.245 e. The van der Waals surface area contributed by atoms with Crippen molar-refractivity contribution in [2.75, 3.05) is 24.5 Å². The Kier molecular flexibility index (Phi) is 4.72. The van der Waals surface area contributed by atoms with Gasteiger partial charge in [-0.25, -0.2) is 8.42 Å². The summed E-state index contributed by atoms with van der Waals surface area (Å²) in [6, 6.07) is 5.09. The van der Waals surface area contributed by atoms with Gasteiger partial charge in [-0.3, -0.25) is 9.59 Å². The Hall–Kier alpha value is -2.23.